The van der Waals surface area contributed by atoms with Crippen LogP contribution in [0.2, 0.25) is 5.02 Å². The van der Waals surface area contributed by atoms with Crippen LogP contribution in [0.3, 0.4) is 0 Å². The molecule has 0 saturated carbocycles. The van der Waals surface area contributed by atoms with Crippen molar-refractivity contribution in [2.45, 2.75) is 77.4 Å². The van der Waals surface area contributed by atoms with E-state index in [1.165, 1.54) is 0 Å². The Hall–Kier alpha value is -6.16. The van der Waals surface area contributed by atoms with E-state index in [4.69, 9.17) is 25.8 Å². The number of rotatable bonds is 13. The Bertz CT molecular complexity index is 2480. The lowest BCUT2D eigenvalue weighted by atomic mass is 9.89. The molecule has 10 heteroatoms. The molecule has 60 heavy (non-hydrogen) atoms. The number of aliphatic carboxylic acids is 1. The van der Waals surface area contributed by atoms with E-state index < -0.39 is 18.1 Å². The second-order valence-electron chi connectivity index (χ2n) is 15.6. The van der Waals surface area contributed by atoms with Crippen LogP contribution in [0.4, 0.5) is 0 Å². The summed E-state index contributed by atoms with van der Waals surface area (Å²) in [5.41, 5.74) is 10.0. The molecular formula is C50H48ClN3O6. The summed E-state index contributed by atoms with van der Waals surface area (Å²) in [5.74, 6) is 0.603. The van der Waals surface area contributed by atoms with Crippen molar-refractivity contribution in [3.05, 3.63) is 177 Å². The summed E-state index contributed by atoms with van der Waals surface area (Å²) in [4.78, 5) is 33.7. The molecule has 0 aliphatic carbocycles. The first-order valence-corrected chi connectivity index (χ1v) is 20.8. The number of amides is 1. The van der Waals surface area contributed by atoms with Crippen LogP contribution in [-0.4, -0.2) is 45.6 Å². The molecule has 2 aliphatic rings. The average molecular weight is 822 g/mol. The van der Waals surface area contributed by atoms with Crippen LogP contribution >= 0.6 is 11.6 Å². The molecule has 306 valence electrons. The number of aryl methyl sites for hydroxylation is 1. The number of nitrogens with one attached hydrogen (secondary N) is 1. The first kappa shape index (κ1) is 40.6. The number of halogens is 1. The van der Waals surface area contributed by atoms with Crippen molar-refractivity contribution < 1.29 is 28.9 Å². The van der Waals surface area contributed by atoms with Crippen LogP contribution in [0.5, 0.6) is 17.2 Å². The zero-order chi connectivity index (χ0) is 41.8. The second kappa shape index (κ2) is 18.0. The van der Waals surface area contributed by atoms with E-state index in [1.807, 2.05) is 123 Å². The fourth-order valence-corrected chi connectivity index (χ4v) is 8.51. The van der Waals surface area contributed by atoms with Gasteiger partial charge in [0.2, 0.25) is 5.91 Å². The van der Waals surface area contributed by atoms with E-state index in [9.17, 15) is 14.7 Å². The van der Waals surface area contributed by atoms with E-state index in [0.717, 1.165) is 67.9 Å². The SMILES string of the molecule is CCC(c1ccccc1)N1Cc2cc3c(cc2CC1C(=O)NC(Cc1ccc(-c2ccnc(C)c2C)cc1)C(=O)O)OCC(c1ccc(OCc2cccc(Cl)c2)cc1)O3. The summed E-state index contributed by atoms with van der Waals surface area (Å²) < 4.78 is 18.9. The van der Waals surface area contributed by atoms with Gasteiger partial charge in [0, 0.05) is 35.9 Å². The fourth-order valence-electron chi connectivity index (χ4n) is 8.29. The molecule has 5 aromatic carbocycles. The van der Waals surface area contributed by atoms with Crippen LogP contribution in [-0.2, 0) is 35.6 Å². The van der Waals surface area contributed by atoms with Crippen LogP contribution in [0, 0.1) is 13.8 Å². The predicted octanol–water partition coefficient (Wildman–Crippen LogP) is 9.80. The summed E-state index contributed by atoms with van der Waals surface area (Å²) in [6.07, 6.45) is 2.75. The number of ether oxygens (including phenoxy) is 3. The lowest BCUT2D eigenvalue weighted by Crippen LogP contribution is -2.55. The Morgan fingerprint density at radius 3 is 2.40 bits per heavy atom. The highest BCUT2D eigenvalue weighted by molar-refractivity contribution is 6.30. The topological polar surface area (TPSA) is 110 Å². The summed E-state index contributed by atoms with van der Waals surface area (Å²) in [5, 5.41) is 14.0. The van der Waals surface area contributed by atoms with Gasteiger partial charge in [-0.15, -0.1) is 0 Å². The lowest BCUT2D eigenvalue weighted by molar-refractivity contribution is -0.143. The summed E-state index contributed by atoms with van der Waals surface area (Å²) in [6.45, 7) is 7.34. The minimum Gasteiger partial charge on any atom is -0.489 e. The van der Waals surface area contributed by atoms with Crippen molar-refractivity contribution >= 4 is 23.5 Å². The van der Waals surface area contributed by atoms with Crippen molar-refractivity contribution in [3.63, 3.8) is 0 Å². The van der Waals surface area contributed by atoms with Gasteiger partial charge in [-0.1, -0.05) is 97.4 Å². The largest absolute Gasteiger partial charge is 0.489 e. The fraction of sp³-hybridized carbons (Fsp3) is 0.260. The number of carbonyl (C=O) groups is 2. The molecular weight excluding hydrogens is 774 g/mol. The van der Waals surface area contributed by atoms with Crippen molar-refractivity contribution in [1.82, 2.24) is 15.2 Å². The van der Waals surface area contributed by atoms with Gasteiger partial charge in [-0.25, -0.2) is 4.79 Å². The zero-order valence-electron chi connectivity index (χ0n) is 33.9. The molecule has 8 rings (SSSR count). The monoisotopic (exact) mass is 821 g/mol. The van der Waals surface area contributed by atoms with Gasteiger partial charge < -0.3 is 24.6 Å². The van der Waals surface area contributed by atoms with E-state index in [0.29, 0.717) is 42.7 Å². The number of nitrogens with zero attached hydrogens (tertiary/aromatic N) is 2. The van der Waals surface area contributed by atoms with Crippen molar-refractivity contribution in [3.8, 4) is 28.4 Å². The quantitative estimate of drug-likeness (QED) is 0.119. The van der Waals surface area contributed by atoms with E-state index in [1.54, 1.807) is 6.20 Å². The number of carbonyl (C=O) groups excluding carboxylic acids is 1. The molecule has 0 fully saturated rings. The summed E-state index contributed by atoms with van der Waals surface area (Å²) in [7, 11) is 0. The number of aromatic nitrogens is 1. The number of pyridine rings is 1. The third-order valence-electron chi connectivity index (χ3n) is 11.7. The molecule has 1 amide bonds. The molecule has 6 aromatic rings. The van der Waals surface area contributed by atoms with Crippen molar-refractivity contribution in [2.75, 3.05) is 6.61 Å². The van der Waals surface area contributed by atoms with Gasteiger partial charge in [-0.2, -0.15) is 0 Å². The number of benzene rings is 5. The molecule has 0 saturated heterocycles. The van der Waals surface area contributed by atoms with Crippen molar-refractivity contribution in [1.29, 1.82) is 0 Å². The van der Waals surface area contributed by atoms with Crippen LogP contribution in [0.15, 0.2) is 128 Å². The molecule has 3 heterocycles. The smallest absolute Gasteiger partial charge is 0.326 e. The second-order valence-corrected chi connectivity index (χ2v) is 16.0. The Kier molecular flexibility index (Phi) is 12.2. The maximum atomic E-state index is 14.4. The van der Waals surface area contributed by atoms with Gasteiger partial charge >= 0.3 is 5.97 Å². The highest BCUT2D eigenvalue weighted by Gasteiger charge is 2.39. The molecule has 1 aromatic heterocycles. The maximum Gasteiger partial charge on any atom is 0.326 e. The molecule has 4 unspecified atom stereocenters. The first-order chi connectivity index (χ1) is 29.1. The van der Waals surface area contributed by atoms with Gasteiger partial charge in [0.1, 0.15) is 25.0 Å². The van der Waals surface area contributed by atoms with Crippen LogP contribution < -0.4 is 19.5 Å². The minimum absolute atomic E-state index is 0.0910. The van der Waals surface area contributed by atoms with Gasteiger partial charge in [0.15, 0.2) is 17.6 Å². The van der Waals surface area contributed by atoms with Gasteiger partial charge in [0.25, 0.3) is 0 Å². The minimum atomic E-state index is -1.12. The molecule has 0 radical (unpaired) electrons. The number of fused-ring (bicyclic) bond motifs is 2. The van der Waals surface area contributed by atoms with Gasteiger partial charge in [-0.3, -0.25) is 14.7 Å². The van der Waals surface area contributed by atoms with Gasteiger partial charge in [-0.05, 0) is 119 Å². The first-order valence-electron chi connectivity index (χ1n) is 20.4. The Balaban J connectivity index is 0.998. The maximum absolute atomic E-state index is 14.4. The third kappa shape index (κ3) is 9.03. The normalized spacial score (nSPS) is 16.9. The Morgan fingerprint density at radius 1 is 0.900 bits per heavy atom. The molecule has 4 atom stereocenters. The highest BCUT2D eigenvalue weighted by Crippen LogP contribution is 2.42. The van der Waals surface area contributed by atoms with Crippen molar-refractivity contribution in [2.24, 2.45) is 0 Å². The number of carboxylic acids is 1. The Labute approximate surface area is 355 Å². The van der Waals surface area contributed by atoms with E-state index >= 15 is 0 Å². The number of carboxylic acid groups (broad SMARTS) is 1. The Morgan fingerprint density at radius 2 is 1.67 bits per heavy atom. The standard InChI is InChI=1S/C50H48ClN3O6/c1-4-44(36-10-6-5-7-11-36)54-28-39-27-47-46(59-30-48(60-47)37-17-19-41(20-18-37)58-29-34-9-8-12-40(51)23-34)26-38(39)25-45(54)49(55)53-43(50(56)57)24-33-13-15-35(16-14-33)42-21-22-52-32(3)31(42)2/h5-23,26-27,43-45,48H,4,24-25,28-30H2,1-3H3,(H,53,55)(H,56,57). The lowest BCUT2D eigenvalue weighted by Gasteiger charge is -2.42. The van der Waals surface area contributed by atoms with Crippen LogP contribution in [0.1, 0.15) is 70.1 Å². The molecule has 9 nitrogen and oxygen atoms in total. The van der Waals surface area contributed by atoms with Gasteiger partial charge in [0.05, 0.1) is 6.04 Å². The highest BCUT2D eigenvalue weighted by atomic mass is 35.5. The average Bonchev–Trinajstić information content (AvgIpc) is 3.26. The van der Waals surface area contributed by atoms with E-state index in [-0.39, 0.29) is 24.5 Å². The molecule has 0 bridgehead atoms. The zero-order valence-corrected chi connectivity index (χ0v) is 34.7. The summed E-state index contributed by atoms with van der Waals surface area (Å²) >= 11 is 6.13. The molecule has 2 N–H and O–H groups in total. The molecule has 2 aliphatic heterocycles. The summed E-state index contributed by atoms with van der Waals surface area (Å²) in [6, 6.07) is 37.6. The molecule has 0 spiro atoms. The van der Waals surface area contributed by atoms with E-state index in [2.05, 4.69) is 34.3 Å². The predicted molar refractivity (Wildman–Crippen MR) is 232 cm³/mol. The number of hydrogen-bond donors (Lipinski definition) is 2. The van der Waals surface area contributed by atoms with Crippen LogP contribution in [0.25, 0.3) is 11.1 Å². The third-order valence-corrected chi connectivity index (χ3v) is 11.9. The number of hydrogen-bond acceptors (Lipinski definition) is 7.